The molecular formula is C19H16O2. The maximum atomic E-state index is 12.3. The fraction of sp³-hybridized carbons (Fsp3) is 0.0526. The average Bonchev–Trinajstić information content (AvgIpc) is 2.52. The van der Waals surface area contributed by atoms with Crippen LogP contribution in [0.3, 0.4) is 0 Å². The predicted molar refractivity (Wildman–Crippen MR) is 85.0 cm³/mol. The lowest BCUT2D eigenvalue weighted by molar-refractivity contribution is -0.113. The van der Waals surface area contributed by atoms with Crippen molar-refractivity contribution in [3.05, 3.63) is 89.5 Å². The highest BCUT2D eigenvalue weighted by atomic mass is 16.1. The molecule has 0 saturated heterocycles. The largest absolute Gasteiger partial charge is 0.294 e. The fourth-order valence-electron chi connectivity index (χ4n) is 1.92. The molecule has 0 aliphatic carbocycles. The second-order valence-corrected chi connectivity index (χ2v) is 4.60. The maximum Gasteiger partial charge on any atom is 0.196 e. The first-order valence-electron chi connectivity index (χ1n) is 6.72. The predicted octanol–water partition coefficient (Wildman–Crippen LogP) is 4.10. The van der Waals surface area contributed by atoms with Crippen LogP contribution in [0, 0.1) is 0 Å². The Kier molecular flexibility index (Phi) is 4.99. The van der Waals surface area contributed by atoms with Crippen LogP contribution in [-0.2, 0) is 4.79 Å². The van der Waals surface area contributed by atoms with Crippen molar-refractivity contribution in [2.24, 2.45) is 0 Å². The molecule has 2 nitrogen and oxygen atoms in total. The van der Waals surface area contributed by atoms with Crippen LogP contribution in [0.1, 0.15) is 22.8 Å². The molecule has 2 rings (SSSR count). The van der Waals surface area contributed by atoms with Gasteiger partial charge in [0.05, 0.1) is 5.57 Å². The van der Waals surface area contributed by atoms with E-state index in [4.69, 9.17) is 0 Å². The van der Waals surface area contributed by atoms with Crippen LogP contribution in [-0.4, -0.2) is 11.6 Å². The lowest BCUT2D eigenvalue weighted by atomic mass is 10.00. The zero-order chi connectivity index (χ0) is 15.1. The summed E-state index contributed by atoms with van der Waals surface area (Å²) in [5.41, 5.74) is 1.73. The normalized spacial score (nSPS) is 11.6. The number of ketones is 2. The number of benzene rings is 2. The summed E-state index contributed by atoms with van der Waals surface area (Å²) >= 11 is 0. The third-order valence-corrected chi connectivity index (χ3v) is 3.01. The van der Waals surface area contributed by atoms with Crippen molar-refractivity contribution < 1.29 is 9.59 Å². The SMILES string of the molecule is CC(=O)/C(=C\C=C\c1ccccc1)C(=O)c1ccccc1. The van der Waals surface area contributed by atoms with E-state index in [9.17, 15) is 9.59 Å². The molecular weight excluding hydrogens is 260 g/mol. The van der Waals surface area contributed by atoms with Gasteiger partial charge in [-0.05, 0) is 18.6 Å². The van der Waals surface area contributed by atoms with Gasteiger partial charge in [0.25, 0.3) is 0 Å². The molecule has 21 heavy (non-hydrogen) atoms. The second kappa shape index (κ2) is 7.15. The molecule has 0 amide bonds. The van der Waals surface area contributed by atoms with Crippen LogP contribution >= 0.6 is 0 Å². The first-order chi connectivity index (χ1) is 10.2. The molecule has 0 N–H and O–H groups in total. The van der Waals surface area contributed by atoms with Gasteiger partial charge >= 0.3 is 0 Å². The van der Waals surface area contributed by atoms with Gasteiger partial charge in [-0.25, -0.2) is 0 Å². The molecule has 0 saturated carbocycles. The van der Waals surface area contributed by atoms with Gasteiger partial charge in [-0.1, -0.05) is 72.8 Å². The van der Waals surface area contributed by atoms with Crippen molar-refractivity contribution in [2.75, 3.05) is 0 Å². The summed E-state index contributed by atoms with van der Waals surface area (Å²) in [7, 11) is 0. The lowest BCUT2D eigenvalue weighted by Crippen LogP contribution is -2.10. The van der Waals surface area contributed by atoms with E-state index in [1.54, 1.807) is 36.4 Å². The van der Waals surface area contributed by atoms with E-state index < -0.39 is 0 Å². The number of rotatable bonds is 5. The van der Waals surface area contributed by atoms with Gasteiger partial charge < -0.3 is 0 Å². The van der Waals surface area contributed by atoms with Crippen LogP contribution in [0.25, 0.3) is 6.08 Å². The van der Waals surface area contributed by atoms with Crippen LogP contribution in [0.15, 0.2) is 78.4 Å². The van der Waals surface area contributed by atoms with E-state index >= 15 is 0 Å². The van der Waals surface area contributed by atoms with Gasteiger partial charge in [0.2, 0.25) is 0 Å². The van der Waals surface area contributed by atoms with E-state index in [0.29, 0.717) is 5.56 Å². The molecule has 0 aliphatic heterocycles. The summed E-state index contributed by atoms with van der Waals surface area (Å²) in [6, 6.07) is 18.5. The first kappa shape index (κ1) is 14.7. The second-order valence-electron chi connectivity index (χ2n) is 4.60. The highest BCUT2D eigenvalue weighted by molar-refractivity contribution is 6.25. The Labute approximate surface area is 124 Å². The third-order valence-electron chi connectivity index (χ3n) is 3.01. The van der Waals surface area contributed by atoms with Gasteiger partial charge in [-0.3, -0.25) is 9.59 Å². The lowest BCUT2D eigenvalue weighted by Gasteiger charge is -2.02. The van der Waals surface area contributed by atoms with E-state index in [2.05, 4.69) is 0 Å². The molecule has 2 heteroatoms. The molecule has 0 fully saturated rings. The Balaban J connectivity index is 2.23. The molecule has 0 bridgehead atoms. The molecule has 104 valence electrons. The van der Waals surface area contributed by atoms with Crippen molar-refractivity contribution >= 4 is 17.6 Å². The minimum atomic E-state index is -0.249. The summed E-state index contributed by atoms with van der Waals surface area (Å²) < 4.78 is 0. The fourth-order valence-corrected chi connectivity index (χ4v) is 1.92. The molecule has 0 heterocycles. The number of carbonyl (C=O) groups is 2. The first-order valence-corrected chi connectivity index (χ1v) is 6.72. The number of carbonyl (C=O) groups excluding carboxylic acids is 2. The van der Waals surface area contributed by atoms with Gasteiger partial charge in [0.1, 0.15) is 0 Å². The van der Waals surface area contributed by atoms with E-state index in [-0.39, 0.29) is 17.1 Å². The average molecular weight is 276 g/mol. The molecule has 0 unspecified atom stereocenters. The van der Waals surface area contributed by atoms with Crippen LogP contribution < -0.4 is 0 Å². The Hall–Kier alpha value is -2.74. The minimum Gasteiger partial charge on any atom is -0.294 e. The zero-order valence-corrected chi connectivity index (χ0v) is 11.8. The smallest absolute Gasteiger partial charge is 0.196 e. The molecule has 0 aliphatic rings. The zero-order valence-electron chi connectivity index (χ0n) is 11.8. The summed E-state index contributed by atoms with van der Waals surface area (Å²) in [6.45, 7) is 1.41. The number of hydrogen-bond donors (Lipinski definition) is 0. The van der Waals surface area contributed by atoms with Crippen molar-refractivity contribution in [3.63, 3.8) is 0 Å². The topological polar surface area (TPSA) is 34.1 Å². The summed E-state index contributed by atoms with van der Waals surface area (Å²) in [5.74, 6) is -0.484. The van der Waals surface area contributed by atoms with Gasteiger partial charge in [0, 0.05) is 5.56 Å². The van der Waals surface area contributed by atoms with Gasteiger partial charge in [0.15, 0.2) is 11.6 Å². The highest BCUT2D eigenvalue weighted by Gasteiger charge is 2.14. The maximum absolute atomic E-state index is 12.3. The van der Waals surface area contributed by atoms with E-state index in [0.717, 1.165) is 5.56 Å². The quantitative estimate of drug-likeness (QED) is 0.271. The molecule has 2 aromatic carbocycles. The number of hydrogen-bond acceptors (Lipinski definition) is 2. The Morgan fingerprint density at radius 3 is 2.00 bits per heavy atom. The van der Waals surface area contributed by atoms with Gasteiger partial charge in [-0.2, -0.15) is 0 Å². The van der Waals surface area contributed by atoms with Gasteiger partial charge in [-0.15, -0.1) is 0 Å². The Bertz CT molecular complexity index is 680. The summed E-state index contributed by atoms with van der Waals surface area (Å²) in [5, 5.41) is 0. The standard InChI is InChI=1S/C19H16O2/c1-15(20)18(19(21)17-12-6-3-7-13-17)14-8-11-16-9-4-2-5-10-16/h2-14H,1H3/b11-8+,18-14+. The van der Waals surface area contributed by atoms with Crippen LogP contribution in [0.2, 0.25) is 0 Å². The molecule has 0 aromatic heterocycles. The Morgan fingerprint density at radius 2 is 1.43 bits per heavy atom. The minimum absolute atomic E-state index is 0.188. The monoisotopic (exact) mass is 276 g/mol. The summed E-state index contributed by atoms with van der Waals surface area (Å²) in [4.78, 5) is 24.0. The van der Waals surface area contributed by atoms with Crippen LogP contribution in [0.5, 0.6) is 0 Å². The third kappa shape index (κ3) is 4.11. The highest BCUT2D eigenvalue weighted by Crippen LogP contribution is 2.10. The summed E-state index contributed by atoms with van der Waals surface area (Å²) in [6.07, 6.45) is 5.17. The molecule has 0 radical (unpaired) electrons. The molecule has 0 spiro atoms. The Morgan fingerprint density at radius 1 is 0.857 bits per heavy atom. The van der Waals surface area contributed by atoms with Crippen molar-refractivity contribution in [3.8, 4) is 0 Å². The molecule has 2 aromatic rings. The van der Waals surface area contributed by atoms with E-state index in [1.807, 2.05) is 42.5 Å². The van der Waals surface area contributed by atoms with Crippen molar-refractivity contribution in [1.82, 2.24) is 0 Å². The van der Waals surface area contributed by atoms with E-state index in [1.165, 1.54) is 6.92 Å². The number of allylic oxidation sites excluding steroid dienone is 3. The molecule has 0 atom stereocenters. The van der Waals surface area contributed by atoms with Crippen molar-refractivity contribution in [2.45, 2.75) is 6.92 Å². The van der Waals surface area contributed by atoms with Crippen molar-refractivity contribution in [1.29, 1.82) is 0 Å². The number of Topliss-reactive ketones (excluding diaryl/α,β-unsaturated/α-hetero) is 2. The van der Waals surface area contributed by atoms with Crippen LogP contribution in [0.4, 0.5) is 0 Å².